The van der Waals surface area contributed by atoms with Crippen LogP contribution < -0.4 is 0 Å². The molecule has 1 fully saturated rings. The Morgan fingerprint density at radius 3 is 2.74 bits per heavy atom. The van der Waals surface area contributed by atoms with Crippen molar-refractivity contribution in [2.24, 2.45) is 17.0 Å². The van der Waals surface area contributed by atoms with E-state index in [-0.39, 0.29) is 24.1 Å². The molecule has 128 valence electrons. The number of Topliss-reactive ketones (excluding diaryl/α,β-unsaturated/α-hetero) is 1. The zero-order chi connectivity index (χ0) is 16.7. The molecule has 0 aromatic heterocycles. The standard InChI is InChI=1S/C17H24ClNO4/c1-2-14(19-23-7-3-6-18)17-15(20)10-13(11-16(17)21)12-4-8-22-9-5-12/h3,6,12-13,20H,2,4-5,7-11H2,1H3/b6-3+,19-14-/t13-/m0/s1. The average molecular weight is 342 g/mol. The lowest BCUT2D eigenvalue weighted by atomic mass is 9.75. The van der Waals surface area contributed by atoms with E-state index in [0.717, 1.165) is 26.1 Å². The van der Waals surface area contributed by atoms with Gasteiger partial charge >= 0.3 is 0 Å². The minimum absolute atomic E-state index is 0.0395. The first-order valence-electron chi connectivity index (χ1n) is 8.14. The number of carbonyl (C=O) groups excluding carboxylic acids is 1. The summed E-state index contributed by atoms with van der Waals surface area (Å²) in [4.78, 5) is 17.6. The Kier molecular flexibility index (Phi) is 7.12. The van der Waals surface area contributed by atoms with Gasteiger partial charge in [-0.15, -0.1) is 0 Å². The molecule has 2 rings (SSSR count). The third-order valence-electron chi connectivity index (χ3n) is 4.46. The zero-order valence-corrected chi connectivity index (χ0v) is 14.2. The van der Waals surface area contributed by atoms with Crippen LogP contribution in [0.5, 0.6) is 0 Å². The molecule has 0 bridgehead atoms. The monoisotopic (exact) mass is 341 g/mol. The number of oxime groups is 1. The molecule has 0 saturated carbocycles. The molecule has 23 heavy (non-hydrogen) atoms. The number of carbonyl (C=O) groups is 1. The van der Waals surface area contributed by atoms with E-state index in [1.54, 1.807) is 6.08 Å². The normalized spacial score (nSPS) is 24.5. The van der Waals surface area contributed by atoms with Gasteiger partial charge in [0.25, 0.3) is 0 Å². The Morgan fingerprint density at radius 2 is 2.13 bits per heavy atom. The van der Waals surface area contributed by atoms with Crippen LogP contribution in [0.4, 0.5) is 0 Å². The summed E-state index contributed by atoms with van der Waals surface area (Å²) in [5.41, 5.74) is 2.19. The lowest BCUT2D eigenvalue weighted by Gasteiger charge is -2.32. The van der Waals surface area contributed by atoms with Gasteiger partial charge in [0, 0.05) is 31.6 Å². The van der Waals surface area contributed by atoms with Crippen molar-refractivity contribution in [2.75, 3.05) is 19.8 Å². The van der Waals surface area contributed by atoms with Gasteiger partial charge in [-0.1, -0.05) is 23.7 Å². The highest BCUT2D eigenvalue weighted by Crippen LogP contribution is 2.36. The number of allylic oxidation sites excluding steroid dienone is 2. The van der Waals surface area contributed by atoms with Gasteiger partial charge in [0.2, 0.25) is 0 Å². The Balaban J connectivity index is 2.09. The van der Waals surface area contributed by atoms with Crippen molar-refractivity contribution in [1.29, 1.82) is 0 Å². The van der Waals surface area contributed by atoms with Crippen molar-refractivity contribution in [3.8, 4) is 0 Å². The fourth-order valence-corrected chi connectivity index (χ4v) is 3.33. The fraction of sp³-hybridized carbons (Fsp3) is 0.647. The van der Waals surface area contributed by atoms with E-state index in [2.05, 4.69) is 5.16 Å². The van der Waals surface area contributed by atoms with Crippen LogP contribution in [-0.2, 0) is 14.4 Å². The predicted molar refractivity (Wildman–Crippen MR) is 89.6 cm³/mol. The van der Waals surface area contributed by atoms with Gasteiger partial charge in [-0.3, -0.25) is 4.79 Å². The SMILES string of the molecule is CC/C(=N/OC/C=C/Cl)C1=C(O)C[C@H](C2CCOCC2)CC1=O. The highest BCUT2D eigenvalue weighted by molar-refractivity contribution is 6.25. The van der Waals surface area contributed by atoms with E-state index in [1.165, 1.54) is 5.54 Å². The molecule has 1 aliphatic carbocycles. The van der Waals surface area contributed by atoms with E-state index >= 15 is 0 Å². The molecular weight excluding hydrogens is 318 g/mol. The van der Waals surface area contributed by atoms with Crippen molar-refractivity contribution >= 4 is 23.1 Å². The molecule has 1 atom stereocenters. The van der Waals surface area contributed by atoms with Crippen molar-refractivity contribution in [1.82, 2.24) is 0 Å². The molecule has 0 aromatic rings. The van der Waals surface area contributed by atoms with Crippen LogP contribution in [0.3, 0.4) is 0 Å². The second-order valence-corrected chi connectivity index (χ2v) is 6.16. The van der Waals surface area contributed by atoms with E-state index < -0.39 is 0 Å². The summed E-state index contributed by atoms with van der Waals surface area (Å²) >= 11 is 5.41. The Labute approximate surface area is 142 Å². The maximum atomic E-state index is 12.5. The minimum atomic E-state index is -0.0395. The second kappa shape index (κ2) is 9.08. The molecule has 0 aromatic carbocycles. The van der Waals surface area contributed by atoms with E-state index in [4.69, 9.17) is 21.2 Å². The van der Waals surface area contributed by atoms with Crippen LogP contribution in [0, 0.1) is 11.8 Å². The third kappa shape index (κ3) is 4.82. The lowest BCUT2D eigenvalue weighted by molar-refractivity contribution is -0.117. The van der Waals surface area contributed by atoms with Gasteiger partial charge in [0.15, 0.2) is 5.78 Å². The largest absolute Gasteiger partial charge is 0.511 e. The van der Waals surface area contributed by atoms with Crippen molar-refractivity contribution in [3.63, 3.8) is 0 Å². The number of ketones is 1. The molecule has 1 N–H and O–H groups in total. The highest BCUT2D eigenvalue weighted by Gasteiger charge is 2.34. The lowest BCUT2D eigenvalue weighted by Crippen LogP contribution is -2.31. The number of aliphatic hydroxyl groups excluding tert-OH is 1. The van der Waals surface area contributed by atoms with Crippen molar-refractivity contribution in [2.45, 2.75) is 39.0 Å². The maximum absolute atomic E-state index is 12.5. The first-order valence-corrected chi connectivity index (χ1v) is 8.58. The fourth-order valence-electron chi connectivity index (χ4n) is 3.25. The van der Waals surface area contributed by atoms with Crippen LogP contribution >= 0.6 is 11.6 Å². The molecule has 1 aliphatic heterocycles. The van der Waals surface area contributed by atoms with Crippen LogP contribution in [0.1, 0.15) is 39.0 Å². The molecule has 1 heterocycles. The highest BCUT2D eigenvalue weighted by atomic mass is 35.5. The second-order valence-electron chi connectivity index (χ2n) is 5.91. The maximum Gasteiger partial charge on any atom is 0.168 e. The van der Waals surface area contributed by atoms with Gasteiger partial charge in [0.1, 0.15) is 12.4 Å². The third-order valence-corrected chi connectivity index (χ3v) is 4.64. The molecule has 6 heteroatoms. The van der Waals surface area contributed by atoms with Gasteiger partial charge in [-0.25, -0.2) is 0 Å². The van der Waals surface area contributed by atoms with Crippen LogP contribution in [0.2, 0.25) is 0 Å². The molecular formula is C17H24ClNO4. The number of nitrogens with zero attached hydrogens (tertiary/aromatic N) is 1. The predicted octanol–water partition coefficient (Wildman–Crippen LogP) is 3.74. The summed E-state index contributed by atoms with van der Waals surface area (Å²) in [6.07, 6.45) is 5.05. The van der Waals surface area contributed by atoms with Crippen LogP contribution in [-0.4, -0.2) is 36.4 Å². The summed E-state index contributed by atoms with van der Waals surface area (Å²) in [5, 5.41) is 14.4. The van der Waals surface area contributed by atoms with Gasteiger partial charge in [0.05, 0.1) is 11.3 Å². The Morgan fingerprint density at radius 1 is 1.39 bits per heavy atom. The van der Waals surface area contributed by atoms with E-state index in [1.807, 2.05) is 6.92 Å². The Bertz CT molecular complexity index is 507. The summed E-state index contributed by atoms with van der Waals surface area (Å²) in [6, 6.07) is 0. The summed E-state index contributed by atoms with van der Waals surface area (Å²) in [7, 11) is 0. The zero-order valence-electron chi connectivity index (χ0n) is 13.5. The molecule has 0 amide bonds. The summed E-state index contributed by atoms with van der Waals surface area (Å²) in [6.45, 7) is 3.62. The van der Waals surface area contributed by atoms with Gasteiger partial charge < -0.3 is 14.7 Å². The van der Waals surface area contributed by atoms with Gasteiger partial charge in [-0.2, -0.15) is 0 Å². The molecule has 0 unspecified atom stereocenters. The molecule has 1 saturated heterocycles. The first kappa shape index (κ1) is 18.0. The number of hydrogen-bond donors (Lipinski definition) is 1. The molecule has 0 spiro atoms. The number of ether oxygens (including phenoxy) is 1. The minimum Gasteiger partial charge on any atom is -0.511 e. The van der Waals surface area contributed by atoms with Crippen LogP contribution in [0.25, 0.3) is 0 Å². The number of aliphatic hydroxyl groups is 1. The molecule has 5 nitrogen and oxygen atoms in total. The van der Waals surface area contributed by atoms with E-state index in [9.17, 15) is 9.90 Å². The number of halogens is 1. The topological polar surface area (TPSA) is 68.1 Å². The van der Waals surface area contributed by atoms with E-state index in [0.29, 0.717) is 36.5 Å². The smallest absolute Gasteiger partial charge is 0.168 e. The first-order chi connectivity index (χ1) is 11.2. The molecule has 2 aliphatic rings. The number of rotatable bonds is 6. The Hall–Kier alpha value is -1.33. The summed E-state index contributed by atoms with van der Waals surface area (Å²) < 4.78 is 5.38. The average Bonchev–Trinajstić information content (AvgIpc) is 2.57. The van der Waals surface area contributed by atoms with Gasteiger partial charge in [-0.05, 0) is 37.2 Å². The quantitative estimate of drug-likeness (QED) is 0.454. The molecule has 0 radical (unpaired) electrons. The number of hydrogen-bond acceptors (Lipinski definition) is 5. The van der Waals surface area contributed by atoms with Crippen LogP contribution in [0.15, 0.2) is 28.1 Å². The summed E-state index contributed by atoms with van der Waals surface area (Å²) in [5.74, 6) is 0.758. The van der Waals surface area contributed by atoms with Crippen molar-refractivity contribution < 1.29 is 19.5 Å². The van der Waals surface area contributed by atoms with Crippen molar-refractivity contribution in [3.05, 3.63) is 22.9 Å².